The van der Waals surface area contributed by atoms with Crippen LogP contribution >= 0.6 is 0 Å². The summed E-state index contributed by atoms with van der Waals surface area (Å²) in [7, 11) is 1.72. The highest BCUT2D eigenvalue weighted by Gasteiger charge is 2.39. The average molecular weight is 212 g/mol. The van der Waals surface area contributed by atoms with Gasteiger partial charge in [-0.2, -0.15) is 0 Å². The lowest BCUT2D eigenvalue weighted by atomic mass is 9.85. The number of aliphatic hydroxyl groups is 1. The predicted molar refractivity (Wildman–Crippen MR) is 52.8 cm³/mol. The van der Waals surface area contributed by atoms with Crippen LogP contribution in [0, 0.1) is 0 Å². The molecule has 0 saturated carbocycles. The monoisotopic (exact) mass is 212 g/mol. The van der Waals surface area contributed by atoms with Crippen molar-refractivity contribution in [2.75, 3.05) is 13.1 Å². The first kappa shape index (κ1) is 10.5. The van der Waals surface area contributed by atoms with Crippen LogP contribution in [0.2, 0.25) is 0 Å². The molecule has 0 aromatic carbocycles. The lowest BCUT2D eigenvalue weighted by molar-refractivity contribution is -0.0175. The molecule has 1 aliphatic rings. The minimum absolute atomic E-state index is 0.527. The molecule has 1 aliphatic heterocycles. The van der Waals surface area contributed by atoms with Gasteiger partial charge >= 0.3 is 0 Å². The molecule has 0 spiro atoms. The van der Waals surface area contributed by atoms with Crippen molar-refractivity contribution in [1.29, 1.82) is 0 Å². The van der Waals surface area contributed by atoms with Crippen molar-refractivity contribution < 1.29 is 5.11 Å². The Morgan fingerprint density at radius 3 is 2.73 bits per heavy atom. The standard InChI is InChI=1S/C8H16N6O/c1-14-7(11-12-13-14)6(9)8(15)2-4-10-5-3-8/h6,10,15H,2-5,9H2,1H3. The molecule has 1 saturated heterocycles. The van der Waals surface area contributed by atoms with Gasteiger partial charge in [0.05, 0.1) is 11.6 Å². The van der Waals surface area contributed by atoms with Crippen LogP contribution in [0.5, 0.6) is 0 Å². The van der Waals surface area contributed by atoms with Crippen LogP contribution in [-0.2, 0) is 7.05 Å². The Kier molecular flexibility index (Phi) is 2.68. The molecule has 0 radical (unpaired) electrons. The first-order chi connectivity index (χ1) is 7.13. The number of aromatic nitrogens is 4. The van der Waals surface area contributed by atoms with Crippen LogP contribution in [0.15, 0.2) is 0 Å². The fraction of sp³-hybridized carbons (Fsp3) is 0.875. The van der Waals surface area contributed by atoms with Crippen LogP contribution in [0.1, 0.15) is 24.7 Å². The lowest BCUT2D eigenvalue weighted by Crippen LogP contribution is -2.49. The minimum atomic E-state index is -0.895. The number of tetrazole rings is 1. The minimum Gasteiger partial charge on any atom is -0.388 e. The van der Waals surface area contributed by atoms with Gasteiger partial charge in [0, 0.05) is 7.05 Å². The maximum Gasteiger partial charge on any atom is 0.170 e. The molecule has 2 rings (SSSR count). The van der Waals surface area contributed by atoms with Gasteiger partial charge in [-0.1, -0.05) is 0 Å². The molecule has 7 nitrogen and oxygen atoms in total. The van der Waals surface area contributed by atoms with Crippen LogP contribution in [0.3, 0.4) is 0 Å². The van der Waals surface area contributed by atoms with Gasteiger partial charge < -0.3 is 16.2 Å². The Morgan fingerprint density at radius 1 is 1.53 bits per heavy atom. The fourth-order valence-electron chi connectivity index (χ4n) is 1.91. The van der Waals surface area contributed by atoms with Gasteiger partial charge in [-0.25, -0.2) is 4.68 Å². The SMILES string of the molecule is Cn1nnnc1C(N)C1(O)CCNCC1. The molecule has 4 N–H and O–H groups in total. The zero-order valence-electron chi connectivity index (χ0n) is 8.72. The van der Waals surface area contributed by atoms with E-state index in [1.54, 1.807) is 7.05 Å². The summed E-state index contributed by atoms with van der Waals surface area (Å²) in [5, 5.41) is 24.6. The molecular formula is C8H16N6O. The summed E-state index contributed by atoms with van der Waals surface area (Å²) in [4.78, 5) is 0. The van der Waals surface area contributed by atoms with E-state index in [2.05, 4.69) is 20.8 Å². The van der Waals surface area contributed by atoms with Crippen LogP contribution in [-0.4, -0.2) is 44.0 Å². The molecule has 1 aromatic heterocycles. The number of nitrogens with zero attached hydrogens (tertiary/aromatic N) is 4. The van der Waals surface area contributed by atoms with Gasteiger partial charge in [-0.3, -0.25) is 0 Å². The molecule has 1 aromatic rings. The molecule has 1 unspecified atom stereocenters. The molecular weight excluding hydrogens is 196 g/mol. The van der Waals surface area contributed by atoms with Crippen LogP contribution < -0.4 is 11.1 Å². The molecule has 84 valence electrons. The van der Waals surface area contributed by atoms with E-state index in [1.807, 2.05) is 0 Å². The summed E-state index contributed by atoms with van der Waals surface area (Å²) >= 11 is 0. The first-order valence-corrected chi connectivity index (χ1v) is 5.04. The third kappa shape index (κ3) is 1.85. The number of hydrogen-bond donors (Lipinski definition) is 3. The van der Waals surface area contributed by atoms with Crippen molar-refractivity contribution in [3.8, 4) is 0 Å². The summed E-state index contributed by atoms with van der Waals surface area (Å²) in [6.07, 6.45) is 1.25. The highest BCUT2D eigenvalue weighted by Crippen LogP contribution is 2.29. The molecule has 1 fully saturated rings. The molecule has 15 heavy (non-hydrogen) atoms. The number of rotatable bonds is 2. The van der Waals surface area contributed by atoms with Crippen molar-refractivity contribution in [2.24, 2.45) is 12.8 Å². The second-order valence-electron chi connectivity index (χ2n) is 3.99. The normalized spacial score (nSPS) is 22.6. The Balaban J connectivity index is 2.19. The van der Waals surface area contributed by atoms with Crippen molar-refractivity contribution in [3.05, 3.63) is 5.82 Å². The molecule has 0 aliphatic carbocycles. The van der Waals surface area contributed by atoms with Gasteiger partial charge in [0.15, 0.2) is 5.82 Å². The van der Waals surface area contributed by atoms with Gasteiger partial charge in [-0.15, -0.1) is 5.10 Å². The van der Waals surface area contributed by atoms with E-state index in [4.69, 9.17) is 5.73 Å². The Bertz CT molecular complexity index is 332. The largest absolute Gasteiger partial charge is 0.388 e. The second-order valence-corrected chi connectivity index (χ2v) is 3.99. The Labute approximate surface area is 87.6 Å². The van der Waals surface area contributed by atoms with Crippen molar-refractivity contribution in [2.45, 2.75) is 24.5 Å². The summed E-state index contributed by atoms with van der Waals surface area (Å²) in [6, 6.07) is -0.528. The third-order valence-corrected chi connectivity index (χ3v) is 2.98. The number of piperidine rings is 1. The van der Waals surface area contributed by atoms with Gasteiger partial charge in [-0.05, 0) is 36.4 Å². The molecule has 0 bridgehead atoms. The van der Waals surface area contributed by atoms with Crippen molar-refractivity contribution >= 4 is 0 Å². The van der Waals surface area contributed by atoms with Crippen LogP contribution in [0.4, 0.5) is 0 Å². The predicted octanol–water partition coefficient (Wildman–Crippen LogP) is -1.68. The van der Waals surface area contributed by atoms with Crippen LogP contribution in [0.25, 0.3) is 0 Å². The van der Waals surface area contributed by atoms with E-state index < -0.39 is 11.6 Å². The maximum atomic E-state index is 10.4. The molecule has 0 amide bonds. The number of aryl methyl sites for hydroxylation is 1. The quantitative estimate of drug-likeness (QED) is 0.541. The van der Waals surface area contributed by atoms with Gasteiger partial charge in [0.25, 0.3) is 0 Å². The topological polar surface area (TPSA) is 102 Å². The molecule has 7 heteroatoms. The third-order valence-electron chi connectivity index (χ3n) is 2.98. The maximum absolute atomic E-state index is 10.4. The second kappa shape index (κ2) is 3.84. The van der Waals surface area contributed by atoms with Crippen molar-refractivity contribution in [1.82, 2.24) is 25.5 Å². The summed E-state index contributed by atoms with van der Waals surface area (Å²) in [5.41, 5.74) is 5.11. The Morgan fingerprint density at radius 2 is 2.20 bits per heavy atom. The van der Waals surface area contributed by atoms with E-state index >= 15 is 0 Å². The average Bonchev–Trinajstić information content (AvgIpc) is 2.64. The molecule has 2 heterocycles. The summed E-state index contributed by atoms with van der Waals surface area (Å²) in [5.74, 6) is 0.527. The van der Waals surface area contributed by atoms with E-state index in [0.29, 0.717) is 18.7 Å². The Hall–Kier alpha value is -1.05. The highest BCUT2D eigenvalue weighted by atomic mass is 16.3. The van der Waals surface area contributed by atoms with Crippen molar-refractivity contribution in [3.63, 3.8) is 0 Å². The lowest BCUT2D eigenvalue weighted by Gasteiger charge is -2.36. The van der Waals surface area contributed by atoms with E-state index in [-0.39, 0.29) is 0 Å². The van der Waals surface area contributed by atoms with E-state index in [0.717, 1.165) is 13.1 Å². The molecule has 1 atom stereocenters. The van der Waals surface area contributed by atoms with E-state index in [1.165, 1.54) is 4.68 Å². The number of nitrogens with two attached hydrogens (primary N) is 1. The number of hydrogen-bond acceptors (Lipinski definition) is 6. The zero-order valence-corrected chi connectivity index (χ0v) is 8.72. The first-order valence-electron chi connectivity index (χ1n) is 5.04. The highest BCUT2D eigenvalue weighted by molar-refractivity contribution is 5.03. The zero-order chi connectivity index (χ0) is 10.9. The summed E-state index contributed by atoms with van der Waals surface area (Å²) in [6.45, 7) is 1.55. The van der Waals surface area contributed by atoms with E-state index in [9.17, 15) is 5.11 Å². The van der Waals surface area contributed by atoms with Gasteiger partial charge in [0.2, 0.25) is 0 Å². The summed E-state index contributed by atoms with van der Waals surface area (Å²) < 4.78 is 1.50. The fourth-order valence-corrected chi connectivity index (χ4v) is 1.91. The smallest absolute Gasteiger partial charge is 0.170 e. The number of nitrogens with one attached hydrogen (secondary N) is 1. The van der Waals surface area contributed by atoms with Gasteiger partial charge in [0.1, 0.15) is 0 Å².